The molecule has 5 nitrogen and oxygen atoms in total. The number of thiocarbonyl (C=S) groups is 1. The number of amides is 1. The number of benzene rings is 3. The Labute approximate surface area is 188 Å². The third kappa shape index (κ3) is 6.13. The Hall–Kier alpha value is -3.22. The molecule has 0 aliphatic rings. The van der Waals surface area contributed by atoms with E-state index in [2.05, 4.69) is 5.32 Å². The largest absolute Gasteiger partial charge is 0.497 e. The summed E-state index contributed by atoms with van der Waals surface area (Å²) in [5.41, 5.74) is 3.49. The van der Waals surface area contributed by atoms with Crippen molar-refractivity contribution in [1.29, 1.82) is 0 Å². The molecule has 0 spiro atoms. The van der Waals surface area contributed by atoms with Gasteiger partial charge in [0.15, 0.2) is 5.11 Å². The van der Waals surface area contributed by atoms with Crippen molar-refractivity contribution in [1.82, 2.24) is 5.32 Å². The zero-order chi connectivity index (χ0) is 22.1. The van der Waals surface area contributed by atoms with Crippen molar-refractivity contribution >= 4 is 28.9 Å². The minimum atomic E-state index is -0.264. The molecular formula is C25H26N2O3S. The zero-order valence-corrected chi connectivity index (χ0v) is 18.3. The molecule has 0 aromatic heterocycles. The van der Waals surface area contributed by atoms with Gasteiger partial charge in [-0.15, -0.1) is 0 Å². The number of anilines is 1. The predicted molar refractivity (Wildman–Crippen MR) is 129 cm³/mol. The van der Waals surface area contributed by atoms with E-state index >= 15 is 0 Å². The van der Waals surface area contributed by atoms with Gasteiger partial charge in [0.05, 0.1) is 7.11 Å². The van der Waals surface area contributed by atoms with Gasteiger partial charge < -0.3 is 14.7 Å². The molecule has 0 saturated carbocycles. The van der Waals surface area contributed by atoms with Crippen molar-refractivity contribution in [2.75, 3.05) is 25.2 Å². The van der Waals surface area contributed by atoms with Crippen LogP contribution in [0.25, 0.3) is 11.1 Å². The highest BCUT2D eigenvalue weighted by molar-refractivity contribution is 7.80. The van der Waals surface area contributed by atoms with Crippen LogP contribution in [0, 0.1) is 0 Å². The summed E-state index contributed by atoms with van der Waals surface area (Å²) in [5, 5.41) is 12.3. The fourth-order valence-electron chi connectivity index (χ4n) is 3.19. The van der Waals surface area contributed by atoms with Crippen LogP contribution in [0.15, 0.2) is 78.9 Å². The second-order valence-electron chi connectivity index (χ2n) is 6.99. The van der Waals surface area contributed by atoms with E-state index in [1.165, 1.54) is 0 Å². The lowest BCUT2D eigenvalue weighted by molar-refractivity contribution is 0.0977. The third-order valence-electron chi connectivity index (χ3n) is 4.87. The minimum Gasteiger partial charge on any atom is -0.497 e. The van der Waals surface area contributed by atoms with Crippen molar-refractivity contribution in [2.45, 2.75) is 12.8 Å². The lowest BCUT2D eigenvalue weighted by Gasteiger charge is -2.26. The molecule has 0 bridgehead atoms. The standard InChI is InChI=1S/C25H26N2O3S/c1-30-23-11-7-10-22(18-23)27(16-5-6-17-28)25(31)26-24(29)21-14-12-20(13-15-21)19-8-3-2-4-9-19/h2-4,7-15,18,28H,5-6,16-17H2,1H3,(H,26,29,31). The van der Waals surface area contributed by atoms with E-state index in [9.17, 15) is 4.79 Å². The average Bonchev–Trinajstić information content (AvgIpc) is 2.82. The highest BCUT2D eigenvalue weighted by atomic mass is 32.1. The SMILES string of the molecule is COc1cccc(N(CCCCO)C(=S)NC(=O)c2ccc(-c3ccccc3)cc2)c1. The van der Waals surface area contributed by atoms with Crippen molar-refractivity contribution in [3.63, 3.8) is 0 Å². The Morgan fingerprint density at radius 1 is 0.968 bits per heavy atom. The number of hydrogen-bond acceptors (Lipinski definition) is 4. The number of ether oxygens (including phenoxy) is 1. The number of hydrogen-bond donors (Lipinski definition) is 2. The number of methoxy groups -OCH3 is 1. The number of aliphatic hydroxyl groups is 1. The fraction of sp³-hybridized carbons (Fsp3) is 0.200. The molecule has 0 fully saturated rings. The van der Waals surface area contributed by atoms with E-state index in [4.69, 9.17) is 22.1 Å². The van der Waals surface area contributed by atoms with Crippen molar-refractivity contribution in [3.8, 4) is 16.9 Å². The Morgan fingerprint density at radius 3 is 2.35 bits per heavy atom. The van der Waals surface area contributed by atoms with Crippen LogP contribution in [-0.2, 0) is 0 Å². The third-order valence-corrected chi connectivity index (χ3v) is 5.20. The van der Waals surface area contributed by atoms with Gasteiger partial charge in [-0.2, -0.15) is 0 Å². The molecule has 160 valence electrons. The van der Waals surface area contributed by atoms with Crippen LogP contribution in [-0.4, -0.2) is 36.4 Å². The average molecular weight is 435 g/mol. The maximum absolute atomic E-state index is 12.8. The van der Waals surface area contributed by atoms with Crippen molar-refractivity contribution in [3.05, 3.63) is 84.4 Å². The first-order valence-corrected chi connectivity index (χ1v) is 10.6. The molecule has 3 rings (SSSR count). The number of aliphatic hydroxyl groups excluding tert-OH is 1. The Bertz CT molecular complexity index is 1010. The van der Waals surface area contributed by atoms with Crippen LogP contribution in [0.1, 0.15) is 23.2 Å². The Kier molecular flexibility index (Phi) is 8.15. The number of nitrogens with zero attached hydrogens (tertiary/aromatic N) is 1. The predicted octanol–water partition coefficient (Wildman–Crippen LogP) is 4.66. The van der Waals surface area contributed by atoms with Crippen LogP contribution in [0.2, 0.25) is 0 Å². The van der Waals surface area contributed by atoms with Gasteiger partial charge in [0.25, 0.3) is 5.91 Å². The first kappa shape index (κ1) is 22.5. The van der Waals surface area contributed by atoms with Crippen LogP contribution in [0.4, 0.5) is 5.69 Å². The smallest absolute Gasteiger partial charge is 0.257 e. The van der Waals surface area contributed by atoms with Gasteiger partial charge in [0, 0.05) is 30.5 Å². The number of carbonyl (C=O) groups is 1. The van der Waals surface area contributed by atoms with Gasteiger partial charge in [-0.3, -0.25) is 10.1 Å². The van der Waals surface area contributed by atoms with Gasteiger partial charge in [-0.05, 0) is 60.5 Å². The molecule has 2 N–H and O–H groups in total. The summed E-state index contributed by atoms with van der Waals surface area (Å²) in [6.07, 6.45) is 1.38. The van der Waals surface area contributed by atoms with Crippen molar-refractivity contribution in [2.24, 2.45) is 0 Å². The molecule has 0 unspecified atom stereocenters. The number of carbonyl (C=O) groups excluding carboxylic acids is 1. The molecule has 1 amide bonds. The first-order valence-electron chi connectivity index (χ1n) is 10.2. The summed E-state index contributed by atoms with van der Waals surface area (Å²) in [6, 6.07) is 24.9. The summed E-state index contributed by atoms with van der Waals surface area (Å²) in [4.78, 5) is 14.7. The van der Waals surface area contributed by atoms with Gasteiger partial charge in [-0.1, -0.05) is 48.5 Å². The summed E-state index contributed by atoms with van der Waals surface area (Å²) in [6.45, 7) is 0.679. The van der Waals surface area contributed by atoms with E-state index in [0.717, 1.165) is 23.2 Å². The van der Waals surface area contributed by atoms with Gasteiger partial charge in [0.2, 0.25) is 0 Å². The topological polar surface area (TPSA) is 61.8 Å². The van der Waals surface area contributed by atoms with Crippen LogP contribution in [0.5, 0.6) is 5.75 Å². The van der Waals surface area contributed by atoms with E-state index in [1.807, 2.05) is 71.6 Å². The molecule has 0 aliphatic carbocycles. The summed E-state index contributed by atoms with van der Waals surface area (Å²) >= 11 is 5.56. The molecule has 6 heteroatoms. The molecule has 3 aromatic rings. The molecule has 0 aliphatic heterocycles. The van der Waals surface area contributed by atoms with E-state index in [1.54, 1.807) is 19.2 Å². The molecule has 31 heavy (non-hydrogen) atoms. The van der Waals surface area contributed by atoms with E-state index < -0.39 is 0 Å². The van der Waals surface area contributed by atoms with E-state index in [0.29, 0.717) is 29.4 Å². The Morgan fingerprint density at radius 2 is 1.68 bits per heavy atom. The molecule has 0 saturated heterocycles. The van der Waals surface area contributed by atoms with Crippen molar-refractivity contribution < 1.29 is 14.6 Å². The second-order valence-corrected chi connectivity index (χ2v) is 7.37. The fourth-order valence-corrected chi connectivity index (χ4v) is 3.48. The molecule has 3 aromatic carbocycles. The summed E-state index contributed by atoms with van der Waals surface area (Å²) < 4.78 is 5.31. The Balaban J connectivity index is 1.73. The molecular weight excluding hydrogens is 408 g/mol. The number of nitrogens with one attached hydrogen (secondary N) is 1. The number of rotatable bonds is 8. The minimum absolute atomic E-state index is 0.110. The van der Waals surface area contributed by atoms with Gasteiger partial charge >= 0.3 is 0 Å². The normalized spacial score (nSPS) is 10.4. The maximum atomic E-state index is 12.8. The quantitative estimate of drug-likeness (QED) is 0.399. The summed E-state index contributed by atoms with van der Waals surface area (Å²) in [5.74, 6) is 0.440. The van der Waals surface area contributed by atoms with Crippen LogP contribution < -0.4 is 15.0 Å². The maximum Gasteiger partial charge on any atom is 0.257 e. The molecule has 0 atom stereocenters. The molecule has 0 radical (unpaired) electrons. The number of unbranched alkanes of at least 4 members (excludes halogenated alkanes) is 1. The molecule has 0 heterocycles. The highest BCUT2D eigenvalue weighted by Crippen LogP contribution is 2.22. The monoisotopic (exact) mass is 434 g/mol. The van der Waals surface area contributed by atoms with Gasteiger partial charge in [-0.25, -0.2) is 0 Å². The lowest BCUT2D eigenvalue weighted by atomic mass is 10.0. The van der Waals surface area contributed by atoms with Crippen LogP contribution in [0.3, 0.4) is 0 Å². The first-order chi connectivity index (χ1) is 15.1. The lowest BCUT2D eigenvalue weighted by Crippen LogP contribution is -2.43. The van der Waals surface area contributed by atoms with Crippen LogP contribution >= 0.6 is 12.2 Å². The second kappa shape index (κ2) is 11.2. The zero-order valence-electron chi connectivity index (χ0n) is 17.5. The van der Waals surface area contributed by atoms with E-state index in [-0.39, 0.29) is 12.5 Å². The highest BCUT2D eigenvalue weighted by Gasteiger charge is 2.16. The summed E-state index contributed by atoms with van der Waals surface area (Å²) in [7, 11) is 1.61. The van der Waals surface area contributed by atoms with Gasteiger partial charge in [0.1, 0.15) is 5.75 Å².